The second-order valence-electron chi connectivity index (χ2n) is 12.7. The molecule has 0 radical (unpaired) electrons. The van der Waals surface area contributed by atoms with Crippen LogP contribution in [-0.4, -0.2) is 19.5 Å². The van der Waals surface area contributed by atoms with Crippen LogP contribution in [0.2, 0.25) is 0 Å². The molecule has 0 amide bonds. The van der Waals surface area contributed by atoms with Gasteiger partial charge in [-0.2, -0.15) is 0 Å². The predicted octanol–water partition coefficient (Wildman–Crippen LogP) is 13.0. The third-order valence-electron chi connectivity index (χ3n) is 9.46. The molecule has 0 N–H and O–H groups in total. The van der Waals surface area contributed by atoms with Gasteiger partial charge in [-0.25, -0.2) is 15.0 Å². The van der Waals surface area contributed by atoms with Crippen molar-refractivity contribution in [3.63, 3.8) is 0 Å². The van der Waals surface area contributed by atoms with Crippen LogP contribution in [-0.2, 0) is 0 Å². The van der Waals surface area contributed by atoms with Crippen LogP contribution >= 0.6 is 0 Å². The molecule has 0 aliphatic heterocycles. The number of aromatic nitrogens is 4. The molecular formula is C51H34N4. The van der Waals surface area contributed by atoms with Gasteiger partial charge >= 0.3 is 0 Å². The molecule has 0 saturated carbocycles. The lowest BCUT2D eigenvalue weighted by Gasteiger charge is -2.17. The van der Waals surface area contributed by atoms with Crippen LogP contribution in [0, 0.1) is 0 Å². The number of para-hydroxylation sites is 2. The molecule has 2 aromatic heterocycles. The fraction of sp³-hybridized carbons (Fsp3) is 0. The van der Waals surface area contributed by atoms with Gasteiger partial charge in [-0.1, -0.05) is 182 Å². The minimum Gasteiger partial charge on any atom is -0.308 e. The van der Waals surface area contributed by atoms with Crippen molar-refractivity contribution in [2.75, 3.05) is 0 Å². The van der Waals surface area contributed by atoms with Gasteiger partial charge in [0.1, 0.15) is 0 Å². The lowest BCUT2D eigenvalue weighted by Crippen LogP contribution is -2.02. The molecule has 0 aliphatic rings. The smallest absolute Gasteiger partial charge is 0.164 e. The quantitative estimate of drug-likeness (QED) is 0.165. The Morgan fingerprint density at radius 2 is 0.873 bits per heavy atom. The summed E-state index contributed by atoms with van der Waals surface area (Å²) < 4.78 is 109. The molecule has 4 nitrogen and oxygen atoms in total. The van der Waals surface area contributed by atoms with Gasteiger partial charge in [0, 0.05) is 38.6 Å². The number of hydrogen-bond acceptors (Lipinski definition) is 3. The maximum absolute atomic E-state index is 9.35. The minimum absolute atomic E-state index is 0.106. The third-order valence-corrected chi connectivity index (χ3v) is 9.46. The van der Waals surface area contributed by atoms with Gasteiger partial charge in [0.05, 0.1) is 33.2 Å². The van der Waals surface area contributed by atoms with Gasteiger partial charge in [0.2, 0.25) is 0 Å². The highest BCUT2D eigenvalue weighted by molar-refractivity contribution is 6.14. The zero-order valence-electron chi connectivity index (χ0n) is 41.0. The Bertz CT molecular complexity index is 3610. The molecule has 10 aromatic rings. The van der Waals surface area contributed by atoms with E-state index >= 15 is 0 Å². The highest BCUT2D eigenvalue weighted by Gasteiger charge is 2.20. The Morgan fingerprint density at radius 1 is 0.364 bits per heavy atom. The molecule has 0 fully saturated rings. The third kappa shape index (κ3) is 5.96. The summed E-state index contributed by atoms with van der Waals surface area (Å²) in [4.78, 5) is 14.9. The second-order valence-corrected chi connectivity index (χ2v) is 12.7. The van der Waals surface area contributed by atoms with E-state index in [2.05, 4.69) is 0 Å². The van der Waals surface area contributed by atoms with Crippen LogP contribution in [0.5, 0.6) is 0 Å². The van der Waals surface area contributed by atoms with E-state index in [9.17, 15) is 5.48 Å². The minimum atomic E-state index is -0.690. The monoisotopic (exact) mass is 714 g/mol. The second kappa shape index (κ2) is 13.8. The summed E-state index contributed by atoms with van der Waals surface area (Å²) in [5.41, 5.74) is 4.58. The van der Waals surface area contributed by atoms with Gasteiger partial charge in [-0.05, 0) is 46.5 Å². The zero-order valence-corrected chi connectivity index (χ0v) is 29.0. The first-order chi connectivity index (χ1) is 32.3. The van der Waals surface area contributed by atoms with Crippen molar-refractivity contribution >= 4 is 21.8 Å². The van der Waals surface area contributed by atoms with Crippen molar-refractivity contribution < 1.29 is 16.4 Å². The molecule has 0 unspecified atom stereocenters. The molecular weight excluding hydrogens is 669 g/mol. The summed E-state index contributed by atoms with van der Waals surface area (Å²) in [5.74, 6) is 1.13. The molecule has 258 valence electrons. The summed E-state index contributed by atoms with van der Waals surface area (Å²) in [6, 6.07) is 34.4. The van der Waals surface area contributed by atoms with E-state index in [0.29, 0.717) is 39.9 Å². The van der Waals surface area contributed by atoms with Gasteiger partial charge in [-0.15, -0.1) is 0 Å². The Hall–Kier alpha value is -7.43. The number of nitrogens with zero attached hydrogens (tertiary/aromatic N) is 4. The summed E-state index contributed by atoms with van der Waals surface area (Å²) in [5, 5.41) is -0.287. The largest absolute Gasteiger partial charge is 0.308 e. The molecule has 2 heterocycles. The Balaban J connectivity index is 1.30. The summed E-state index contributed by atoms with van der Waals surface area (Å²) in [6.07, 6.45) is 0. The molecule has 0 atom stereocenters. The normalized spacial score (nSPS) is 14.3. The first-order valence-electron chi connectivity index (χ1n) is 23.6. The van der Waals surface area contributed by atoms with Crippen LogP contribution in [0.4, 0.5) is 0 Å². The summed E-state index contributed by atoms with van der Waals surface area (Å²) in [6.45, 7) is 0. The van der Waals surface area contributed by atoms with E-state index in [-0.39, 0.29) is 27.4 Å². The number of fused-ring (bicyclic) bond motifs is 3. The molecule has 8 aromatic carbocycles. The lowest BCUT2D eigenvalue weighted by atomic mass is 9.99. The van der Waals surface area contributed by atoms with Crippen LogP contribution in [0.1, 0.15) is 16.4 Å². The van der Waals surface area contributed by atoms with Crippen molar-refractivity contribution in [1.29, 1.82) is 0 Å². The van der Waals surface area contributed by atoms with Crippen molar-refractivity contribution in [2.24, 2.45) is 0 Å². The molecule has 4 heteroatoms. The van der Waals surface area contributed by atoms with E-state index in [1.54, 1.807) is 12.1 Å². The summed E-state index contributed by atoms with van der Waals surface area (Å²) >= 11 is 0. The molecule has 0 bridgehead atoms. The number of rotatable bonds is 7. The first kappa shape index (κ1) is 21.9. The van der Waals surface area contributed by atoms with Crippen LogP contribution in [0.15, 0.2) is 206 Å². The van der Waals surface area contributed by atoms with Crippen molar-refractivity contribution in [3.05, 3.63) is 206 Å². The fourth-order valence-electron chi connectivity index (χ4n) is 6.88. The van der Waals surface area contributed by atoms with E-state index < -0.39 is 78.1 Å². The number of hydrogen-bond donors (Lipinski definition) is 0. The van der Waals surface area contributed by atoms with E-state index in [1.165, 1.54) is 4.57 Å². The van der Waals surface area contributed by atoms with Gasteiger partial charge < -0.3 is 4.57 Å². The standard InChI is InChI=1S/C51H34N4/c1-5-16-35(17-6-1)36-28-30-40(31-29-36)50-52-49(39-22-11-4-12-23-39)53-51(54-50)41-32-33-47(45(34-41)38-20-9-3-10-21-38)55-46-27-14-13-24-43(46)44-26-15-25-42(48(44)55)37-18-7-2-8-19-37/h1-34H/i2D,7D,8D,13D,14D,15D,18D,19D,24D,25D,26D,27D. The molecule has 0 aliphatic carbocycles. The van der Waals surface area contributed by atoms with Gasteiger partial charge in [-0.3, -0.25) is 0 Å². The maximum atomic E-state index is 9.35. The van der Waals surface area contributed by atoms with E-state index in [1.807, 2.05) is 121 Å². The average molecular weight is 715 g/mol. The molecule has 0 saturated heterocycles. The van der Waals surface area contributed by atoms with E-state index in [0.717, 1.165) is 22.3 Å². The van der Waals surface area contributed by atoms with Crippen LogP contribution in [0.25, 0.3) is 95.0 Å². The average Bonchev–Trinajstić information content (AvgIpc) is 3.73. The molecule has 55 heavy (non-hydrogen) atoms. The first-order valence-corrected chi connectivity index (χ1v) is 17.6. The van der Waals surface area contributed by atoms with Crippen LogP contribution < -0.4 is 0 Å². The van der Waals surface area contributed by atoms with Crippen LogP contribution in [0.3, 0.4) is 0 Å². The Kier molecular flexibility index (Phi) is 5.52. The van der Waals surface area contributed by atoms with Crippen molar-refractivity contribution in [2.45, 2.75) is 0 Å². The van der Waals surface area contributed by atoms with Gasteiger partial charge in [0.25, 0.3) is 0 Å². The molecule has 0 spiro atoms. The zero-order chi connectivity index (χ0) is 47.0. The topological polar surface area (TPSA) is 43.6 Å². The number of benzene rings is 8. The summed E-state index contributed by atoms with van der Waals surface area (Å²) in [7, 11) is 0. The molecule has 10 rings (SSSR count). The van der Waals surface area contributed by atoms with Crippen molar-refractivity contribution in [3.8, 4) is 73.2 Å². The lowest BCUT2D eigenvalue weighted by molar-refractivity contribution is 1.07. The fourth-order valence-corrected chi connectivity index (χ4v) is 6.88. The maximum Gasteiger partial charge on any atom is 0.164 e. The predicted molar refractivity (Wildman–Crippen MR) is 227 cm³/mol. The van der Waals surface area contributed by atoms with Crippen molar-refractivity contribution in [1.82, 2.24) is 19.5 Å². The highest BCUT2D eigenvalue weighted by atomic mass is 15.0. The van der Waals surface area contributed by atoms with E-state index in [4.69, 9.17) is 25.9 Å². The Morgan fingerprint density at radius 3 is 1.56 bits per heavy atom. The highest BCUT2D eigenvalue weighted by Crippen LogP contribution is 2.41. The Labute approximate surface area is 336 Å². The van der Waals surface area contributed by atoms with Gasteiger partial charge in [0.15, 0.2) is 17.5 Å². The SMILES string of the molecule is [2H]c1c([2H])c([2H])c(-c2c([2H])c([2H])c([2H])c3c4c([2H])c([2H])c([2H])c([2H])c4n(-c4ccc(-c5nc(-c6ccccc6)nc(-c6ccc(-c7ccccc7)cc6)n5)cc4-c4ccccc4)c23)c([2H])c1[2H].